The number of nitriles is 1. The Morgan fingerprint density at radius 2 is 2.33 bits per heavy atom. The fraction of sp³-hybridized carbons (Fsp3) is 0.400. The lowest BCUT2D eigenvalue weighted by atomic mass is 10.0. The standard InChI is InChI=1S/C15H15ClN2O3/c1-9-7-11(19)15-12(4-3-10(16)14(9)15)21-8-13(20)18-6-2-5-17/h3-4,9H,2,6-8H2,1H3,(H,18,20). The van der Waals surface area contributed by atoms with Gasteiger partial charge in [-0.25, -0.2) is 0 Å². The largest absolute Gasteiger partial charge is 0.483 e. The molecule has 0 aliphatic heterocycles. The minimum Gasteiger partial charge on any atom is -0.483 e. The molecule has 0 spiro atoms. The number of carbonyl (C=O) groups excluding carboxylic acids is 2. The van der Waals surface area contributed by atoms with Crippen LogP contribution in [0.25, 0.3) is 0 Å². The predicted molar refractivity (Wildman–Crippen MR) is 77.5 cm³/mol. The predicted octanol–water partition coefficient (Wildman–Crippen LogP) is 2.44. The number of hydrogen-bond donors (Lipinski definition) is 1. The summed E-state index contributed by atoms with van der Waals surface area (Å²) < 4.78 is 5.44. The number of carbonyl (C=O) groups is 2. The lowest BCUT2D eigenvalue weighted by molar-refractivity contribution is -0.123. The molecule has 0 bridgehead atoms. The van der Waals surface area contributed by atoms with Crippen LogP contribution in [0.4, 0.5) is 0 Å². The number of rotatable bonds is 5. The second-order valence-electron chi connectivity index (χ2n) is 4.91. The smallest absolute Gasteiger partial charge is 0.257 e. The van der Waals surface area contributed by atoms with Crippen LogP contribution < -0.4 is 10.1 Å². The zero-order valence-electron chi connectivity index (χ0n) is 11.6. The van der Waals surface area contributed by atoms with Crippen molar-refractivity contribution in [1.29, 1.82) is 5.26 Å². The molecular formula is C15H15ClN2O3. The first kappa shape index (κ1) is 15.3. The summed E-state index contributed by atoms with van der Waals surface area (Å²) in [6, 6.07) is 5.22. The fourth-order valence-electron chi connectivity index (χ4n) is 2.40. The van der Waals surface area contributed by atoms with Crippen LogP contribution in [0.2, 0.25) is 5.02 Å². The molecular weight excluding hydrogens is 292 g/mol. The third-order valence-corrected chi connectivity index (χ3v) is 3.66. The van der Waals surface area contributed by atoms with Gasteiger partial charge in [-0.1, -0.05) is 18.5 Å². The minimum absolute atomic E-state index is 0.0140. The van der Waals surface area contributed by atoms with Crippen LogP contribution >= 0.6 is 11.6 Å². The zero-order valence-corrected chi connectivity index (χ0v) is 12.4. The van der Waals surface area contributed by atoms with Crippen molar-refractivity contribution in [3.05, 3.63) is 28.3 Å². The summed E-state index contributed by atoms with van der Waals surface area (Å²) in [6.45, 7) is 2.03. The number of hydrogen-bond acceptors (Lipinski definition) is 4. The van der Waals surface area contributed by atoms with Gasteiger partial charge in [-0.05, 0) is 23.6 Å². The molecule has 0 heterocycles. The molecule has 21 heavy (non-hydrogen) atoms. The van der Waals surface area contributed by atoms with Gasteiger partial charge in [-0.3, -0.25) is 9.59 Å². The molecule has 110 valence electrons. The number of ether oxygens (including phenoxy) is 1. The van der Waals surface area contributed by atoms with Crippen molar-refractivity contribution >= 4 is 23.3 Å². The molecule has 1 aliphatic rings. The van der Waals surface area contributed by atoms with E-state index in [1.54, 1.807) is 12.1 Å². The molecule has 0 saturated carbocycles. The second kappa shape index (κ2) is 6.59. The third-order valence-electron chi connectivity index (χ3n) is 3.34. The first-order valence-electron chi connectivity index (χ1n) is 6.66. The molecule has 1 aromatic rings. The Labute approximate surface area is 127 Å². The maximum atomic E-state index is 12.0. The Balaban J connectivity index is 2.07. The van der Waals surface area contributed by atoms with Crippen LogP contribution in [0.3, 0.4) is 0 Å². The number of Topliss-reactive ketones (excluding diaryl/α,β-unsaturated/α-hetero) is 1. The molecule has 0 radical (unpaired) electrons. The van der Waals surface area contributed by atoms with E-state index in [-0.39, 0.29) is 37.2 Å². The van der Waals surface area contributed by atoms with E-state index >= 15 is 0 Å². The van der Waals surface area contributed by atoms with Gasteiger partial charge in [-0.2, -0.15) is 5.26 Å². The zero-order chi connectivity index (χ0) is 15.4. The van der Waals surface area contributed by atoms with Gasteiger partial charge in [0.25, 0.3) is 5.91 Å². The first-order chi connectivity index (χ1) is 10.0. The minimum atomic E-state index is -0.326. The lowest BCUT2D eigenvalue weighted by Gasteiger charge is -2.12. The number of fused-ring (bicyclic) bond motifs is 1. The number of nitrogens with zero attached hydrogens (tertiary/aromatic N) is 1. The first-order valence-corrected chi connectivity index (χ1v) is 7.04. The van der Waals surface area contributed by atoms with Crippen LogP contribution in [0, 0.1) is 11.3 Å². The number of halogens is 1. The van der Waals surface area contributed by atoms with Crippen molar-refractivity contribution in [3.63, 3.8) is 0 Å². The molecule has 1 aliphatic carbocycles. The van der Waals surface area contributed by atoms with E-state index in [2.05, 4.69) is 5.32 Å². The highest BCUT2D eigenvalue weighted by Crippen LogP contribution is 2.42. The fourth-order valence-corrected chi connectivity index (χ4v) is 2.74. The maximum absolute atomic E-state index is 12.0. The van der Waals surface area contributed by atoms with Gasteiger partial charge in [0.15, 0.2) is 12.4 Å². The van der Waals surface area contributed by atoms with Crippen molar-refractivity contribution in [2.75, 3.05) is 13.2 Å². The number of amides is 1. The van der Waals surface area contributed by atoms with Gasteiger partial charge in [0, 0.05) is 18.0 Å². The van der Waals surface area contributed by atoms with Crippen molar-refractivity contribution in [2.45, 2.75) is 25.7 Å². The summed E-state index contributed by atoms with van der Waals surface area (Å²) in [5.41, 5.74) is 1.28. The van der Waals surface area contributed by atoms with Crippen LogP contribution in [0.1, 0.15) is 41.6 Å². The van der Waals surface area contributed by atoms with E-state index in [9.17, 15) is 9.59 Å². The van der Waals surface area contributed by atoms with E-state index in [1.807, 2.05) is 13.0 Å². The molecule has 0 aromatic heterocycles. The van der Waals surface area contributed by atoms with Gasteiger partial charge in [0.2, 0.25) is 0 Å². The summed E-state index contributed by atoms with van der Waals surface area (Å²) >= 11 is 6.13. The van der Waals surface area contributed by atoms with E-state index in [0.717, 1.165) is 5.56 Å². The Morgan fingerprint density at radius 3 is 3.05 bits per heavy atom. The topological polar surface area (TPSA) is 79.2 Å². The van der Waals surface area contributed by atoms with E-state index in [1.165, 1.54) is 0 Å². The Bertz CT molecular complexity index is 622. The molecule has 0 fully saturated rings. The van der Waals surface area contributed by atoms with Gasteiger partial charge >= 0.3 is 0 Å². The van der Waals surface area contributed by atoms with E-state index in [4.69, 9.17) is 21.6 Å². The summed E-state index contributed by atoms with van der Waals surface area (Å²) in [5, 5.41) is 11.5. The molecule has 1 aromatic carbocycles. The molecule has 5 nitrogen and oxygen atoms in total. The SMILES string of the molecule is CC1CC(=O)c2c(OCC(=O)NCCC#N)ccc(Cl)c21. The Morgan fingerprint density at radius 1 is 1.57 bits per heavy atom. The lowest BCUT2D eigenvalue weighted by Crippen LogP contribution is -2.29. The van der Waals surface area contributed by atoms with E-state index in [0.29, 0.717) is 22.8 Å². The molecule has 1 unspecified atom stereocenters. The Hall–Kier alpha value is -2.06. The van der Waals surface area contributed by atoms with Crippen molar-refractivity contribution in [3.8, 4) is 11.8 Å². The molecule has 1 atom stereocenters. The van der Waals surface area contributed by atoms with Crippen LogP contribution in [-0.4, -0.2) is 24.8 Å². The highest BCUT2D eigenvalue weighted by Gasteiger charge is 2.31. The summed E-state index contributed by atoms with van der Waals surface area (Å²) in [5.74, 6) is 0.111. The Kier molecular flexibility index (Phi) is 4.81. The second-order valence-corrected chi connectivity index (χ2v) is 5.32. The van der Waals surface area contributed by atoms with Gasteiger partial charge in [0.05, 0.1) is 18.1 Å². The summed E-state index contributed by atoms with van der Waals surface area (Å²) in [4.78, 5) is 23.6. The average molecular weight is 307 g/mol. The van der Waals surface area contributed by atoms with Crippen LogP contribution in [0.15, 0.2) is 12.1 Å². The molecule has 6 heteroatoms. The molecule has 1 N–H and O–H groups in total. The number of nitrogens with one attached hydrogen (secondary N) is 1. The van der Waals surface area contributed by atoms with E-state index < -0.39 is 0 Å². The quantitative estimate of drug-likeness (QED) is 0.847. The van der Waals surface area contributed by atoms with Gasteiger partial charge in [0.1, 0.15) is 5.75 Å². The van der Waals surface area contributed by atoms with Crippen LogP contribution in [-0.2, 0) is 4.79 Å². The van der Waals surface area contributed by atoms with Crippen molar-refractivity contribution in [1.82, 2.24) is 5.32 Å². The van der Waals surface area contributed by atoms with Crippen LogP contribution in [0.5, 0.6) is 5.75 Å². The molecule has 0 saturated heterocycles. The maximum Gasteiger partial charge on any atom is 0.257 e. The van der Waals surface area contributed by atoms with Crippen molar-refractivity contribution in [2.24, 2.45) is 0 Å². The van der Waals surface area contributed by atoms with Gasteiger partial charge < -0.3 is 10.1 Å². The normalized spacial score (nSPS) is 16.2. The van der Waals surface area contributed by atoms with Gasteiger partial charge in [-0.15, -0.1) is 0 Å². The highest BCUT2D eigenvalue weighted by atomic mass is 35.5. The highest BCUT2D eigenvalue weighted by molar-refractivity contribution is 6.32. The number of benzene rings is 1. The molecule has 1 amide bonds. The summed E-state index contributed by atoms with van der Waals surface area (Å²) in [7, 11) is 0. The third kappa shape index (κ3) is 3.34. The average Bonchev–Trinajstić information content (AvgIpc) is 2.75. The molecule has 2 rings (SSSR count). The monoisotopic (exact) mass is 306 g/mol. The summed E-state index contributed by atoms with van der Waals surface area (Å²) in [6.07, 6.45) is 0.655. The van der Waals surface area contributed by atoms with Crippen molar-refractivity contribution < 1.29 is 14.3 Å². The number of ketones is 1.